The number of Topliss-reactive ketones (excluding diaryl/α,β-unsaturated/α-hetero) is 1. The fourth-order valence-corrected chi connectivity index (χ4v) is 1.96. The summed E-state index contributed by atoms with van der Waals surface area (Å²) in [5.41, 5.74) is 1.45. The first-order valence-electron chi connectivity index (χ1n) is 5.82. The lowest BCUT2D eigenvalue weighted by atomic mass is 10.1. The highest BCUT2D eigenvalue weighted by molar-refractivity contribution is 5.98. The van der Waals surface area contributed by atoms with Crippen LogP contribution in [0.15, 0.2) is 24.3 Å². The Morgan fingerprint density at radius 1 is 1.35 bits per heavy atom. The van der Waals surface area contributed by atoms with Crippen LogP contribution in [0, 0.1) is 11.3 Å². The molecule has 0 aliphatic heterocycles. The molecule has 1 fully saturated rings. The molecule has 1 atom stereocenters. The Kier molecular flexibility index (Phi) is 2.77. The lowest BCUT2D eigenvalue weighted by Gasteiger charge is -2.07. The maximum Gasteiger partial charge on any atom is 0.228 e. The quantitative estimate of drug-likeness (QED) is 0.813. The van der Waals surface area contributed by atoms with Crippen LogP contribution < -0.4 is 5.32 Å². The van der Waals surface area contributed by atoms with Crippen molar-refractivity contribution in [3.63, 3.8) is 0 Å². The summed E-state index contributed by atoms with van der Waals surface area (Å²) in [5, 5.41) is 2.86. The van der Waals surface area contributed by atoms with Gasteiger partial charge in [0.2, 0.25) is 5.91 Å². The Hall–Kier alpha value is -1.64. The monoisotopic (exact) mass is 231 g/mol. The van der Waals surface area contributed by atoms with Crippen LogP contribution in [0.4, 0.5) is 5.69 Å². The molecule has 1 N–H and O–H groups in total. The highest BCUT2D eigenvalue weighted by Crippen LogP contribution is 2.51. The van der Waals surface area contributed by atoms with Crippen LogP contribution in [0.2, 0.25) is 0 Å². The lowest BCUT2D eigenvalue weighted by molar-refractivity contribution is -0.118. The van der Waals surface area contributed by atoms with E-state index in [1.54, 1.807) is 24.3 Å². The van der Waals surface area contributed by atoms with Gasteiger partial charge in [-0.1, -0.05) is 26.0 Å². The average molecular weight is 231 g/mol. The highest BCUT2D eigenvalue weighted by Gasteiger charge is 2.50. The normalized spacial score (nSPS) is 20.8. The second-order valence-electron chi connectivity index (χ2n) is 5.37. The van der Waals surface area contributed by atoms with Crippen LogP contribution in [0.5, 0.6) is 0 Å². The van der Waals surface area contributed by atoms with Gasteiger partial charge in [-0.15, -0.1) is 0 Å². The van der Waals surface area contributed by atoms with Gasteiger partial charge < -0.3 is 5.32 Å². The molecule has 0 aromatic heterocycles. The number of ketones is 1. The molecule has 1 aliphatic rings. The molecular weight excluding hydrogens is 214 g/mol. The van der Waals surface area contributed by atoms with Gasteiger partial charge in [-0.3, -0.25) is 9.59 Å². The van der Waals surface area contributed by atoms with Gasteiger partial charge in [0.15, 0.2) is 5.78 Å². The van der Waals surface area contributed by atoms with Crippen molar-refractivity contribution in [3.8, 4) is 0 Å². The Morgan fingerprint density at radius 2 is 2.00 bits per heavy atom. The molecule has 0 heterocycles. The average Bonchev–Trinajstić information content (AvgIpc) is 2.88. The highest BCUT2D eigenvalue weighted by atomic mass is 16.2. The topological polar surface area (TPSA) is 46.2 Å². The van der Waals surface area contributed by atoms with E-state index < -0.39 is 0 Å². The largest absolute Gasteiger partial charge is 0.326 e. The summed E-state index contributed by atoms with van der Waals surface area (Å²) in [6.07, 6.45) is 0.936. The van der Waals surface area contributed by atoms with E-state index in [0.29, 0.717) is 11.3 Å². The molecule has 1 saturated carbocycles. The predicted molar refractivity (Wildman–Crippen MR) is 67.0 cm³/mol. The first kappa shape index (κ1) is 11.8. The SMILES string of the molecule is CC(=O)c1cccc(NC(=O)C2CC2(C)C)c1. The van der Waals surface area contributed by atoms with E-state index >= 15 is 0 Å². The van der Waals surface area contributed by atoms with Crippen LogP contribution in [0.25, 0.3) is 0 Å². The van der Waals surface area contributed by atoms with Gasteiger partial charge in [0.05, 0.1) is 0 Å². The molecule has 1 unspecified atom stereocenters. The fourth-order valence-electron chi connectivity index (χ4n) is 1.96. The molecule has 3 nitrogen and oxygen atoms in total. The van der Waals surface area contributed by atoms with E-state index in [4.69, 9.17) is 0 Å². The zero-order valence-corrected chi connectivity index (χ0v) is 10.4. The molecule has 0 radical (unpaired) electrons. The van der Waals surface area contributed by atoms with Crippen molar-refractivity contribution in [1.29, 1.82) is 0 Å². The Bertz CT molecular complexity index is 477. The lowest BCUT2D eigenvalue weighted by Crippen LogP contribution is -2.16. The van der Waals surface area contributed by atoms with Crippen LogP contribution in [0.3, 0.4) is 0 Å². The summed E-state index contributed by atoms with van der Waals surface area (Å²) in [7, 11) is 0. The first-order valence-corrected chi connectivity index (χ1v) is 5.82. The third-order valence-corrected chi connectivity index (χ3v) is 3.37. The number of nitrogens with one attached hydrogen (secondary N) is 1. The molecule has 0 bridgehead atoms. The van der Waals surface area contributed by atoms with E-state index in [0.717, 1.165) is 6.42 Å². The minimum atomic E-state index is 0.00727. The van der Waals surface area contributed by atoms with E-state index in [1.165, 1.54) is 6.92 Å². The second-order valence-corrected chi connectivity index (χ2v) is 5.37. The molecule has 0 spiro atoms. The molecule has 1 aliphatic carbocycles. The smallest absolute Gasteiger partial charge is 0.228 e. The predicted octanol–water partition coefficient (Wildman–Crippen LogP) is 2.87. The summed E-state index contributed by atoms with van der Waals surface area (Å²) < 4.78 is 0. The Labute approximate surface area is 101 Å². The molecule has 90 valence electrons. The van der Waals surface area contributed by atoms with E-state index in [1.807, 2.05) is 0 Å². The molecule has 0 saturated heterocycles. The van der Waals surface area contributed by atoms with Crippen LogP contribution in [-0.4, -0.2) is 11.7 Å². The summed E-state index contributed by atoms with van der Waals surface area (Å²) in [6.45, 7) is 5.69. The van der Waals surface area contributed by atoms with Gasteiger partial charge >= 0.3 is 0 Å². The van der Waals surface area contributed by atoms with Crippen molar-refractivity contribution < 1.29 is 9.59 Å². The fraction of sp³-hybridized carbons (Fsp3) is 0.429. The van der Waals surface area contributed by atoms with Crippen LogP contribution in [0.1, 0.15) is 37.6 Å². The van der Waals surface area contributed by atoms with Crippen molar-refractivity contribution in [3.05, 3.63) is 29.8 Å². The molecule has 2 rings (SSSR count). The number of hydrogen-bond donors (Lipinski definition) is 1. The Balaban J connectivity index is 2.07. The zero-order chi connectivity index (χ0) is 12.6. The van der Waals surface area contributed by atoms with E-state index in [9.17, 15) is 9.59 Å². The van der Waals surface area contributed by atoms with Crippen molar-refractivity contribution in [2.45, 2.75) is 27.2 Å². The first-order chi connectivity index (χ1) is 7.90. The summed E-state index contributed by atoms with van der Waals surface area (Å²) in [5.74, 6) is 0.159. The zero-order valence-electron chi connectivity index (χ0n) is 10.4. The number of anilines is 1. The van der Waals surface area contributed by atoms with Gasteiger partial charge in [0.25, 0.3) is 0 Å². The van der Waals surface area contributed by atoms with Gasteiger partial charge in [-0.25, -0.2) is 0 Å². The molecule has 17 heavy (non-hydrogen) atoms. The Morgan fingerprint density at radius 3 is 2.53 bits per heavy atom. The third kappa shape index (κ3) is 2.54. The van der Waals surface area contributed by atoms with Crippen LogP contribution in [-0.2, 0) is 4.79 Å². The van der Waals surface area contributed by atoms with Crippen molar-refractivity contribution in [1.82, 2.24) is 0 Å². The number of amides is 1. The molecular formula is C14H17NO2. The number of carbonyl (C=O) groups excluding carboxylic acids is 2. The molecule has 1 aromatic rings. The maximum atomic E-state index is 11.9. The second kappa shape index (κ2) is 3.99. The van der Waals surface area contributed by atoms with Gasteiger partial charge in [-0.05, 0) is 30.9 Å². The van der Waals surface area contributed by atoms with Crippen molar-refractivity contribution in [2.24, 2.45) is 11.3 Å². The number of carbonyl (C=O) groups is 2. The number of benzene rings is 1. The molecule has 1 aromatic carbocycles. The third-order valence-electron chi connectivity index (χ3n) is 3.37. The van der Waals surface area contributed by atoms with E-state index in [-0.39, 0.29) is 23.0 Å². The van der Waals surface area contributed by atoms with Gasteiger partial charge in [0, 0.05) is 17.2 Å². The minimum Gasteiger partial charge on any atom is -0.326 e. The van der Waals surface area contributed by atoms with Crippen LogP contribution >= 0.6 is 0 Å². The molecule has 1 amide bonds. The summed E-state index contributed by atoms with van der Waals surface area (Å²) in [4.78, 5) is 23.1. The standard InChI is InChI=1S/C14H17NO2/c1-9(16)10-5-4-6-11(7-10)15-13(17)12-8-14(12,2)3/h4-7,12H,8H2,1-3H3,(H,15,17). The number of hydrogen-bond acceptors (Lipinski definition) is 2. The summed E-state index contributed by atoms with van der Waals surface area (Å²) >= 11 is 0. The van der Waals surface area contributed by atoms with Crippen molar-refractivity contribution >= 4 is 17.4 Å². The minimum absolute atomic E-state index is 0.00727. The van der Waals surface area contributed by atoms with Gasteiger partial charge in [-0.2, -0.15) is 0 Å². The van der Waals surface area contributed by atoms with Crippen molar-refractivity contribution in [2.75, 3.05) is 5.32 Å². The summed E-state index contributed by atoms with van der Waals surface area (Å²) in [6, 6.07) is 7.05. The maximum absolute atomic E-state index is 11.9. The number of rotatable bonds is 3. The van der Waals surface area contributed by atoms with E-state index in [2.05, 4.69) is 19.2 Å². The van der Waals surface area contributed by atoms with Gasteiger partial charge in [0.1, 0.15) is 0 Å². The molecule has 3 heteroatoms.